The Bertz CT molecular complexity index is 521. The van der Waals surface area contributed by atoms with Crippen molar-refractivity contribution >= 4 is 11.6 Å². The Morgan fingerprint density at radius 2 is 2.10 bits per heavy atom. The van der Waals surface area contributed by atoms with E-state index in [1.54, 1.807) is 10.9 Å². The molecule has 106 valence electrons. The highest BCUT2D eigenvalue weighted by Crippen LogP contribution is 2.07. The van der Waals surface area contributed by atoms with Gasteiger partial charge in [0.2, 0.25) is 5.91 Å². The van der Waals surface area contributed by atoms with Crippen LogP contribution in [0.4, 0.5) is 5.69 Å². The number of aromatic nitrogens is 3. The molecule has 0 bridgehead atoms. The van der Waals surface area contributed by atoms with Gasteiger partial charge in [-0.15, -0.1) is 5.10 Å². The summed E-state index contributed by atoms with van der Waals surface area (Å²) in [6, 6.07) is 7.75. The van der Waals surface area contributed by atoms with E-state index >= 15 is 0 Å². The standard InChI is InChI=1S/C14H19N5O/c1-12-3-5-13(6-4-12)17-14(20)11-15-7-2-9-19-10-8-16-18-19/h3-6,8,10,15H,2,7,9,11H2,1H3,(H,17,20). The zero-order chi connectivity index (χ0) is 14.2. The Balaban J connectivity index is 1.59. The van der Waals surface area contributed by atoms with Gasteiger partial charge in [0.15, 0.2) is 0 Å². The number of hydrogen-bond donors (Lipinski definition) is 2. The fraction of sp³-hybridized carbons (Fsp3) is 0.357. The average Bonchev–Trinajstić information content (AvgIpc) is 2.94. The van der Waals surface area contributed by atoms with Crippen LogP contribution in [0, 0.1) is 6.92 Å². The first-order valence-corrected chi connectivity index (χ1v) is 6.65. The molecule has 0 aliphatic carbocycles. The maximum absolute atomic E-state index is 11.7. The molecule has 1 heterocycles. The number of amides is 1. The molecule has 6 nitrogen and oxygen atoms in total. The summed E-state index contributed by atoms with van der Waals surface area (Å²) >= 11 is 0. The van der Waals surface area contributed by atoms with Gasteiger partial charge in [0, 0.05) is 18.4 Å². The number of aryl methyl sites for hydroxylation is 2. The molecule has 1 aromatic carbocycles. The Hall–Kier alpha value is -2.21. The number of rotatable bonds is 7. The predicted molar refractivity (Wildman–Crippen MR) is 77.3 cm³/mol. The summed E-state index contributed by atoms with van der Waals surface area (Å²) in [5, 5.41) is 13.6. The summed E-state index contributed by atoms with van der Waals surface area (Å²) in [6.45, 7) is 3.89. The lowest BCUT2D eigenvalue weighted by atomic mass is 10.2. The minimum absolute atomic E-state index is 0.0328. The largest absolute Gasteiger partial charge is 0.325 e. The van der Waals surface area contributed by atoms with Crippen molar-refractivity contribution < 1.29 is 4.79 Å². The second-order valence-corrected chi connectivity index (χ2v) is 4.61. The van der Waals surface area contributed by atoms with Gasteiger partial charge in [0.25, 0.3) is 0 Å². The molecule has 0 aliphatic rings. The fourth-order valence-electron chi connectivity index (χ4n) is 1.76. The first kappa shape index (κ1) is 14.2. The molecule has 0 saturated carbocycles. The van der Waals surface area contributed by atoms with Crippen LogP contribution in [0.5, 0.6) is 0 Å². The van der Waals surface area contributed by atoms with Crippen LogP contribution >= 0.6 is 0 Å². The lowest BCUT2D eigenvalue weighted by molar-refractivity contribution is -0.115. The number of carbonyl (C=O) groups excluding carboxylic acids is 1. The van der Waals surface area contributed by atoms with Crippen molar-refractivity contribution in [1.82, 2.24) is 20.3 Å². The molecule has 1 amide bonds. The highest BCUT2D eigenvalue weighted by Gasteiger charge is 2.01. The van der Waals surface area contributed by atoms with Crippen molar-refractivity contribution in [3.05, 3.63) is 42.2 Å². The molecular weight excluding hydrogens is 254 g/mol. The number of benzene rings is 1. The van der Waals surface area contributed by atoms with E-state index in [-0.39, 0.29) is 5.91 Å². The van der Waals surface area contributed by atoms with Crippen LogP contribution in [0.2, 0.25) is 0 Å². The molecule has 0 fully saturated rings. The number of hydrogen-bond acceptors (Lipinski definition) is 4. The van der Waals surface area contributed by atoms with Crippen LogP contribution in [0.15, 0.2) is 36.7 Å². The van der Waals surface area contributed by atoms with Crippen LogP contribution in [0.25, 0.3) is 0 Å². The third-order valence-electron chi connectivity index (χ3n) is 2.83. The van der Waals surface area contributed by atoms with Crippen molar-refractivity contribution in [3.63, 3.8) is 0 Å². The summed E-state index contributed by atoms with van der Waals surface area (Å²) in [5.41, 5.74) is 2.00. The zero-order valence-electron chi connectivity index (χ0n) is 11.5. The quantitative estimate of drug-likeness (QED) is 0.744. The molecule has 0 aliphatic heterocycles. The van der Waals surface area contributed by atoms with Gasteiger partial charge in [0.1, 0.15) is 0 Å². The van der Waals surface area contributed by atoms with Crippen LogP contribution in [0.3, 0.4) is 0 Å². The lowest BCUT2D eigenvalue weighted by Crippen LogP contribution is -2.29. The van der Waals surface area contributed by atoms with E-state index in [4.69, 9.17) is 0 Å². The SMILES string of the molecule is Cc1ccc(NC(=O)CNCCCn2ccnn2)cc1. The smallest absolute Gasteiger partial charge is 0.238 e. The lowest BCUT2D eigenvalue weighted by Gasteiger charge is -2.07. The molecule has 0 unspecified atom stereocenters. The van der Waals surface area contributed by atoms with Crippen LogP contribution < -0.4 is 10.6 Å². The van der Waals surface area contributed by atoms with Crippen molar-refractivity contribution in [2.75, 3.05) is 18.4 Å². The molecule has 2 N–H and O–H groups in total. The topological polar surface area (TPSA) is 71.8 Å². The number of nitrogens with zero attached hydrogens (tertiary/aromatic N) is 3. The van der Waals surface area contributed by atoms with Crippen molar-refractivity contribution in [3.8, 4) is 0 Å². The summed E-state index contributed by atoms with van der Waals surface area (Å²) in [4.78, 5) is 11.7. The maximum atomic E-state index is 11.7. The van der Waals surface area contributed by atoms with Gasteiger partial charge in [0.05, 0.1) is 12.7 Å². The van der Waals surface area contributed by atoms with Crippen LogP contribution in [-0.2, 0) is 11.3 Å². The number of anilines is 1. The van der Waals surface area contributed by atoms with E-state index < -0.39 is 0 Å². The molecule has 0 atom stereocenters. The maximum Gasteiger partial charge on any atom is 0.238 e. The third kappa shape index (κ3) is 4.81. The average molecular weight is 273 g/mol. The van der Waals surface area contributed by atoms with E-state index in [1.807, 2.05) is 37.4 Å². The highest BCUT2D eigenvalue weighted by molar-refractivity contribution is 5.92. The second-order valence-electron chi connectivity index (χ2n) is 4.61. The summed E-state index contributed by atoms with van der Waals surface area (Å²) in [7, 11) is 0. The van der Waals surface area contributed by atoms with E-state index in [2.05, 4.69) is 20.9 Å². The highest BCUT2D eigenvalue weighted by atomic mass is 16.1. The second kappa shape index (κ2) is 7.40. The minimum Gasteiger partial charge on any atom is -0.325 e. The summed E-state index contributed by atoms with van der Waals surface area (Å²) in [5.74, 6) is -0.0328. The molecule has 2 rings (SSSR count). The van der Waals surface area contributed by atoms with Crippen molar-refractivity contribution in [2.45, 2.75) is 19.9 Å². The first-order chi connectivity index (χ1) is 9.74. The van der Waals surface area contributed by atoms with Gasteiger partial charge in [-0.1, -0.05) is 22.9 Å². The van der Waals surface area contributed by atoms with E-state index in [0.717, 1.165) is 25.2 Å². The molecular formula is C14H19N5O. The van der Waals surface area contributed by atoms with E-state index in [0.29, 0.717) is 6.54 Å². The normalized spacial score (nSPS) is 10.4. The van der Waals surface area contributed by atoms with Gasteiger partial charge >= 0.3 is 0 Å². The zero-order valence-corrected chi connectivity index (χ0v) is 11.5. The molecule has 6 heteroatoms. The molecule has 0 spiro atoms. The van der Waals surface area contributed by atoms with Crippen LogP contribution in [0.1, 0.15) is 12.0 Å². The van der Waals surface area contributed by atoms with Crippen molar-refractivity contribution in [1.29, 1.82) is 0 Å². The Morgan fingerprint density at radius 3 is 2.80 bits per heavy atom. The Morgan fingerprint density at radius 1 is 1.30 bits per heavy atom. The first-order valence-electron chi connectivity index (χ1n) is 6.65. The molecule has 1 aromatic heterocycles. The monoisotopic (exact) mass is 273 g/mol. The fourth-order valence-corrected chi connectivity index (χ4v) is 1.76. The summed E-state index contributed by atoms with van der Waals surface area (Å²) in [6.07, 6.45) is 4.38. The number of carbonyl (C=O) groups is 1. The minimum atomic E-state index is -0.0328. The van der Waals surface area contributed by atoms with Gasteiger partial charge in [-0.25, -0.2) is 0 Å². The number of nitrogens with one attached hydrogen (secondary N) is 2. The molecule has 2 aromatic rings. The van der Waals surface area contributed by atoms with Crippen molar-refractivity contribution in [2.24, 2.45) is 0 Å². The third-order valence-corrected chi connectivity index (χ3v) is 2.83. The van der Waals surface area contributed by atoms with Gasteiger partial charge in [-0.05, 0) is 32.0 Å². The predicted octanol–water partition coefficient (Wildman–Crippen LogP) is 1.20. The van der Waals surface area contributed by atoms with Gasteiger partial charge in [-0.2, -0.15) is 0 Å². The van der Waals surface area contributed by atoms with Crippen LogP contribution in [-0.4, -0.2) is 34.0 Å². The Labute approximate surface area is 118 Å². The van der Waals surface area contributed by atoms with Gasteiger partial charge in [-0.3, -0.25) is 9.48 Å². The molecule has 20 heavy (non-hydrogen) atoms. The van der Waals surface area contributed by atoms with E-state index in [1.165, 1.54) is 5.56 Å². The molecule has 0 radical (unpaired) electrons. The van der Waals surface area contributed by atoms with E-state index in [9.17, 15) is 4.79 Å². The summed E-state index contributed by atoms with van der Waals surface area (Å²) < 4.78 is 1.77. The van der Waals surface area contributed by atoms with Gasteiger partial charge < -0.3 is 10.6 Å². The Kier molecular flexibility index (Phi) is 5.25. The molecule has 0 saturated heterocycles.